The quantitative estimate of drug-likeness (QED) is 0.861. The van der Waals surface area contributed by atoms with Crippen LogP contribution in [0.2, 0.25) is 5.02 Å². The summed E-state index contributed by atoms with van der Waals surface area (Å²) in [5.41, 5.74) is -0.257. The molecule has 0 aliphatic carbocycles. The maximum absolute atomic E-state index is 11.6. The summed E-state index contributed by atoms with van der Waals surface area (Å²) in [5.74, 6) is 1.27. The fourth-order valence-corrected chi connectivity index (χ4v) is 3.46. The molecule has 5 nitrogen and oxygen atoms in total. The fraction of sp³-hybridized carbons (Fsp3) is 0.692. The maximum atomic E-state index is 11.6. The van der Waals surface area contributed by atoms with Crippen molar-refractivity contribution in [1.82, 2.24) is 15.3 Å². The highest BCUT2D eigenvalue weighted by Gasteiger charge is 2.30. The van der Waals surface area contributed by atoms with E-state index in [-0.39, 0.29) is 10.6 Å². The molecule has 19 heavy (non-hydrogen) atoms. The van der Waals surface area contributed by atoms with E-state index in [4.69, 9.17) is 11.6 Å². The van der Waals surface area contributed by atoms with Crippen molar-refractivity contribution in [3.05, 3.63) is 21.7 Å². The summed E-state index contributed by atoms with van der Waals surface area (Å²) < 4.78 is 0. The number of anilines is 1. The van der Waals surface area contributed by atoms with Crippen molar-refractivity contribution >= 4 is 17.4 Å². The van der Waals surface area contributed by atoms with Crippen LogP contribution < -0.4 is 15.8 Å². The first-order chi connectivity index (χ1) is 9.25. The van der Waals surface area contributed by atoms with E-state index in [1.807, 2.05) is 0 Å². The van der Waals surface area contributed by atoms with Gasteiger partial charge in [-0.2, -0.15) is 0 Å². The average Bonchev–Trinajstić information content (AvgIpc) is 2.96. The molecule has 1 aromatic rings. The third-order valence-electron chi connectivity index (χ3n) is 4.20. The Hall–Kier alpha value is -1.07. The Labute approximate surface area is 117 Å². The first kappa shape index (κ1) is 12.9. The highest BCUT2D eigenvalue weighted by molar-refractivity contribution is 6.32. The van der Waals surface area contributed by atoms with Gasteiger partial charge in [0.05, 0.1) is 6.33 Å². The van der Waals surface area contributed by atoms with Crippen molar-refractivity contribution in [3.63, 3.8) is 0 Å². The van der Waals surface area contributed by atoms with Gasteiger partial charge in [-0.25, -0.2) is 4.98 Å². The first-order valence-electron chi connectivity index (χ1n) is 6.97. The lowest BCUT2D eigenvalue weighted by Gasteiger charge is -2.36. The number of nitrogens with one attached hydrogen (secondary N) is 2. The van der Waals surface area contributed by atoms with Crippen molar-refractivity contribution in [2.24, 2.45) is 5.92 Å². The van der Waals surface area contributed by atoms with Crippen LogP contribution in [0.4, 0.5) is 5.82 Å². The van der Waals surface area contributed by atoms with Gasteiger partial charge >= 0.3 is 0 Å². The zero-order valence-electron chi connectivity index (χ0n) is 10.9. The molecule has 0 amide bonds. The number of H-pyrrole nitrogens is 1. The Morgan fingerprint density at radius 2 is 2.26 bits per heavy atom. The van der Waals surface area contributed by atoms with Crippen LogP contribution in [0.3, 0.4) is 0 Å². The minimum Gasteiger partial charge on any atom is -0.355 e. The molecule has 0 aromatic carbocycles. The van der Waals surface area contributed by atoms with Crippen LogP contribution in [-0.4, -0.2) is 35.6 Å². The van der Waals surface area contributed by atoms with E-state index in [2.05, 4.69) is 20.2 Å². The number of aromatic amines is 1. The van der Waals surface area contributed by atoms with E-state index < -0.39 is 0 Å². The molecule has 0 radical (unpaired) electrons. The molecular formula is C13H19ClN4O. The summed E-state index contributed by atoms with van der Waals surface area (Å²) >= 11 is 6.07. The molecule has 3 heterocycles. The predicted molar refractivity (Wildman–Crippen MR) is 75.8 cm³/mol. The Bertz CT molecular complexity index is 498. The Morgan fingerprint density at radius 1 is 1.37 bits per heavy atom. The van der Waals surface area contributed by atoms with Gasteiger partial charge < -0.3 is 15.2 Å². The average molecular weight is 283 g/mol. The van der Waals surface area contributed by atoms with Gasteiger partial charge in [0.15, 0.2) is 5.82 Å². The van der Waals surface area contributed by atoms with Crippen LogP contribution in [0.25, 0.3) is 0 Å². The molecule has 104 valence electrons. The van der Waals surface area contributed by atoms with Crippen LogP contribution in [0, 0.1) is 5.92 Å². The zero-order valence-corrected chi connectivity index (χ0v) is 11.6. The largest absolute Gasteiger partial charge is 0.355 e. The molecule has 2 unspecified atom stereocenters. The van der Waals surface area contributed by atoms with Gasteiger partial charge in [0, 0.05) is 19.1 Å². The minimum absolute atomic E-state index is 0.211. The van der Waals surface area contributed by atoms with E-state index in [1.165, 1.54) is 25.6 Å². The van der Waals surface area contributed by atoms with E-state index in [0.29, 0.717) is 17.8 Å². The van der Waals surface area contributed by atoms with Gasteiger partial charge in [-0.05, 0) is 38.1 Å². The third-order valence-corrected chi connectivity index (χ3v) is 4.54. The first-order valence-corrected chi connectivity index (χ1v) is 7.35. The summed E-state index contributed by atoms with van der Waals surface area (Å²) in [5, 5.41) is 3.79. The minimum atomic E-state index is -0.257. The molecule has 0 bridgehead atoms. The van der Waals surface area contributed by atoms with Crippen molar-refractivity contribution < 1.29 is 0 Å². The molecule has 2 saturated heterocycles. The van der Waals surface area contributed by atoms with Gasteiger partial charge in [0.2, 0.25) is 0 Å². The maximum Gasteiger partial charge on any atom is 0.271 e. The van der Waals surface area contributed by atoms with Crippen LogP contribution in [0.15, 0.2) is 11.1 Å². The van der Waals surface area contributed by atoms with Gasteiger partial charge in [-0.1, -0.05) is 11.6 Å². The Balaban J connectivity index is 1.77. The van der Waals surface area contributed by atoms with Crippen molar-refractivity contribution in [3.8, 4) is 0 Å². The number of hydrogen-bond donors (Lipinski definition) is 2. The molecule has 2 fully saturated rings. The fourth-order valence-electron chi connectivity index (χ4n) is 3.24. The second kappa shape index (κ2) is 5.51. The number of rotatable bonds is 2. The molecule has 2 aliphatic rings. The van der Waals surface area contributed by atoms with Crippen LogP contribution >= 0.6 is 11.6 Å². The molecule has 2 atom stereocenters. The van der Waals surface area contributed by atoms with E-state index in [1.54, 1.807) is 0 Å². The van der Waals surface area contributed by atoms with Gasteiger partial charge in [-0.15, -0.1) is 0 Å². The summed E-state index contributed by atoms with van der Waals surface area (Å²) in [6, 6.07) is 0.614. The normalized spacial score (nSPS) is 27.7. The summed E-state index contributed by atoms with van der Waals surface area (Å²) in [6.07, 6.45) is 6.34. The molecule has 2 N–H and O–H groups in total. The molecule has 2 aliphatic heterocycles. The number of piperidine rings is 1. The Kier molecular flexibility index (Phi) is 3.75. The summed E-state index contributed by atoms with van der Waals surface area (Å²) in [7, 11) is 0. The lowest BCUT2D eigenvalue weighted by molar-refractivity contribution is 0.328. The van der Waals surface area contributed by atoms with E-state index in [0.717, 1.165) is 26.1 Å². The predicted octanol–water partition coefficient (Wildman–Crippen LogP) is 1.39. The standard InChI is InChI=1S/C13H19ClN4O/c14-11-12(16-8-17-13(11)19)18-6-2-3-9(7-18)10-4-1-5-15-10/h8-10,15H,1-7H2,(H,16,17,19). The molecule has 3 rings (SSSR count). The SMILES string of the molecule is O=c1[nH]cnc(N2CCCC(C3CCCN3)C2)c1Cl. The number of hydrogen-bond acceptors (Lipinski definition) is 4. The van der Waals surface area contributed by atoms with Crippen LogP contribution in [0.5, 0.6) is 0 Å². The second-order valence-corrected chi connectivity index (χ2v) is 5.80. The van der Waals surface area contributed by atoms with Crippen LogP contribution in [0.1, 0.15) is 25.7 Å². The second-order valence-electron chi connectivity index (χ2n) is 5.42. The molecule has 1 aromatic heterocycles. The van der Waals surface area contributed by atoms with Crippen LogP contribution in [-0.2, 0) is 0 Å². The smallest absolute Gasteiger partial charge is 0.271 e. The third kappa shape index (κ3) is 2.62. The van der Waals surface area contributed by atoms with E-state index >= 15 is 0 Å². The lowest BCUT2D eigenvalue weighted by atomic mass is 9.90. The zero-order chi connectivity index (χ0) is 13.2. The molecule has 0 saturated carbocycles. The summed E-state index contributed by atoms with van der Waals surface area (Å²) in [4.78, 5) is 20.5. The van der Waals surface area contributed by atoms with Crippen molar-refractivity contribution in [2.75, 3.05) is 24.5 Å². The number of nitrogens with zero attached hydrogens (tertiary/aromatic N) is 2. The number of aromatic nitrogens is 2. The number of halogens is 1. The highest BCUT2D eigenvalue weighted by atomic mass is 35.5. The molecule has 0 spiro atoms. The van der Waals surface area contributed by atoms with Gasteiger partial charge in [0.25, 0.3) is 5.56 Å². The lowest BCUT2D eigenvalue weighted by Crippen LogP contribution is -2.44. The summed E-state index contributed by atoms with van der Waals surface area (Å²) in [6.45, 7) is 3.00. The van der Waals surface area contributed by atoms with Crippen molar-refractivity contribution in [1.29, 1.82) is 0 Å². The van der Waals surface area contributed by atoms with Gasteiger partial charge in [-0.3, -0.25) is 4.79 Å². The monoisotopic (exact) mass is 282 g/mol. The Morgan fingerprint density at radius 3 is 3.05 bits per heavy atom. The molecule has 6 heteroatoms. The van der Waals surface area contributed by atoms with E-state index in [9.17, 15) is 4.79 Å². The van der Waals surface area contributed by atoms with Gasteiger partial charge in [0.1, 0.15) is 5.02 Å². The molecular weight excluding hydrogens is 264 g/mol. The topological polar surface area (TPSA) is 61.0 Å². The highest BCUT2D eigenvalue weighted by Crippen LogP contribution is 2.29. The van der Waals surface area contributed by atoms with Crippen molar-refractivity contribution in [2.45, 2.75) is 31.7 Å².